The lowest BCUT2D eigenvalue weighted by Crippen LogP contribution is -2.40. The predicted molar refractivity (Wildman–Crippen MR) is 123 cm³/mol. The van der Waals surface area contributed by atoms with Gasteiger partial charge in [0, 0.05) is 43.1 Å². The van der Waals surface area contributed by atoms with Crippen LogP contribution in [0.3, 0.4) is 0 Å². The third-order valence-electron chi connectivity index (χ3n) is 5.77. The molecule has 3 N–H and O–H groups in total. The number of nitrogens with zero attached hydrogens (tertiary/aromatic N) is 3. The first kappa shape index (κ1) is 21.0. The lowest BCUT2D eigenvalue weighted by molar-refractivity contribution is 0.0922. The average Bonchev–Trinajstić information content (AvgIpc) is 3.18. The Hall–Kier alpha value is -3.29. The number of nitrogens with one attached hydrogen (secondary N) is 3. The zero-order chi connectivity index (χ0) is 22.0. The molecule has 1 saturated carbocycles. The molecule has 1 amide bonds. The number of fused-ring (bicyclic) bond motifs is 1. The van der Waals surface area contributed by atoms with Crippen molar-refractivity contribution in [2.24, 2.45) is 0 Å². The van der Waals surface area contributed by atoms with Crippen LogP contribution in [0.4, 0.5) is 11.6 Å². The third kappa shape index (κ3) is 4.90. The number of H-pyrrole nitrogens is 1. The van der Waals surface area contributed by atoms with Crippen LogP contribution in [0.25, 0.3) is 10.9 Å². The summed E-state index contributed by atoms with van der Waals surface area (Å²) in [4.78, 5) is 26.9. The Balaban J connectivity index is 1.32. The van der Waals surface area contributed by atoms with Crippen molar-refractivity contribution < 1.29 is 9.53 Å². The highest BCUT2D eigenvalue weighted by molar-refractivity contribution is 5.98. The summed E-state index contributed by atoms with van der Waals surface area (Å²) in [5, 5.41) is 7.69. The number of hydrogen-bond acceptors (Lipinski definition) is 6. The SMILES string of the molecule is COc1ccc2[nH]c(C(=O)NC3CCC(Nc4cc(N(C)C)nc(C)n4)CC3)cc2c1. The molecular formula is C23H30N6O2. The lowest BCUT2D eigenvalue weighted by Gasteiger charge is -2.30. The highest BCUT2D eigenvalue weighted by Gasteiger charge is 2.24. The van der Waals surface area contributed by atoms with Gasteiger partial charge in [0.15, 0.2) is 0 Å². The molecule has 0 bridgehead atoms. The van der Waals surface area contributed by atoms with Gasteiger partial charge in [-0.2, -0.15) is 0 Å². The molecule has 0 spiro atoms. The van der Waals surface area contributed by atoms with E-state index in [2.05, 4.69) is 25.6 Å². The van der Waals surface area contributed by atoms with Crippen molar-refractivity contribution in [1.82, 2.24) is 20.3 Å². The number of aromatic amines is 1. The van der Waals surface area contributed by atoms with Gasteiger partial charge in [-0.15, -0.1) is 0 Å². The predicted octanol–water partition coefficient (Wildman–Crippen LogP) is 3.49. The molecule has 0 radical (unpaired) electrons. The van der Waals surface area contributed by atoms with Crippen LogP contribution in [0.15, 0.2) is 30.3 Å². The van der Waals surface area contributed by atoms with Gasteiger partial charge in [-0.25, -0.2) is 9.97 Å². The van der Waals surface area contributed by atoms with Crippen molar-refractivity contribution in [1.29, 1.82) is 0 Å². The van der Waals surface area contributed by atoms with E-state index in [0.29, 0.717) is 11.7 Å². The number of hydrogen-bond donors (Lipinski definition) is 3. The van der Waals surface area contributed by atoms with Crippen LogP contribution in [0.5, 0.6) is 5.75 Å². The van der Waals surface area contributed by atoms with Gasteiger partial charge in [0.25, 0.3) is 5.91 Å². The second-order valence-corrected chi connectivity index (χ2v) is 8.36. The molecule has 1 aromatic carbocycles. The largest absolute Gasteiger partial charge is 0.497 e. The first-order valence-electron chi connectivity index (χ1n) is 10.7. The highest BCUT2D eigenvalue weighted by Crippen LogP contribution is 2.24. The maximum absolute atomic E-state index is 12.7. The summed E-state index contributed by atoms with van der Waals surface area (Å²) in [6, 6.07) is 10.1. The third-order valence-corrected chi connectivity index (χ3v) is 5.77. The number of aryl methyl sites for hydroxylation is 1. The van der Waals surface area contributed by atoms with E-state index < -0.39 is 0 Å². The zero-order valence-corrected chi connectivity index (χ0v) is 18.5. The smallest absolute Gasteiger partial charge is 0.267 e. The quantitative estimate of drug-likeness (QED) is 0.563. The number of benzene rings is 1. The molecule has 8 nitrogen and oxygen atoms in total. The number of carbonyl (C=O) groups is 1. The van der Waals surface area contributed by atoms with Crippen LogP contribution in [-0.4, -0.2) is 54.1 Å². The maximum atomic E-state index is 12.7. The van der Waals surface area contributed by atoms with Gasteiger partial charge in [-0.1, -0.05) is 0 Å². The van der Waals surface area contributed by atoms with E-state index in [9.17, 15) is 4.79 Å². The van der Waals surface area contributed by atoms with Crippen LogP contribution in [0.1, 0.15) is 42.0 Å². The fourth-order valence-electron chi connectivity index (χ4n) is 4.07. The van der Waals surface area contributed by atoms with Crippen LogP contribution >= 0.6 is 0 Å². The van der Waals surface area contributed by atoms with Gasteiger partial charge in [-0.05, 0) is 56.9 Å². The van der Waals surface area contributed by atoms with Crippen molar-refractivity contribution in [2.75, 3.05) is 31.4 Å². The molecule has 164 valence electrons. The standard InChI is InChI=1S/C23H30N6O2/c1-14-24-21(13-22(25-14)29(2)3)26-16-5-7-17(8-6-16)27-23(30)20-12-15-11-18(31-4)9-10-19(15)28-20/h9-13,16-17,28H,5-8H2,1-4H3,(H,27,30)(H,24,25,26). The molecule has 2 heterocycles. The Morgan fingerprint density at radius 2 is 1.84 bits per heavy atom. The summed E-state index contributed by atoms with van der Waals surface area (Å²) in [6.07, 6.45) is 3.83. The summed E-state index contributed by atoms with van der Waals surface area (Å²) in [7, 11) is 5.59. The fraction of sp³-hybridized carbons (Fsp3) is 0.435. The van der Waals surface area contributed by atoms with Crippen molar-refractivity contribution in [2.45, 2.75) is 44.7 Å². The molecule has 31 heavy (non-hydrogen) atoms. The van der Waals surface area contributed by atoms with Crippen LogP contribution in [-0.2, 0) is 0 Å². The molecule has 1 aliphatic carbocycles. The molecule has 1 aliphatic rings. The van der Waals surface area contributed by atoms with Crippen LogP contribution < -0.4 is 20.3 Å². The Morgan fingerprint density at radius 1 is 1.10 bits per heavy atom. The first-order valence-corrected chi connectivity index (χ1v) is 10.7. The summed E-state index contributed by atoms with van der Waals surface area (Å²) < 4.78 is 5.26. The van der Waals surface area contributed by atoms with Gasteiger partial charge in [0.05, 0.1) is 7.11 Å². The molecule has 0 saturated heterocycles. The van der Waals surface area contributed by atoms with Crippen molar-refractivity contribution in [3.8, 4) is 5.75 Å². The second kappa shape index (κ2) is 8.83. The minimum absolute atomic E-state index is 0.0615. The Bertz CT molecular complexity index is 1070. The minimum atomic E-state index is -0.0615. The highest BCUT2D eigenvalue weighted by atomic mass is 16.5. The van der Waals surface area contributed by atoms with E-state index in [-0.39, 0.29) is 11.9 Å². The molecular weight excluding hydrogens is 392 g/mol. The van der Waals surface area contributed by atoms with Crippen LogP contribution in [0, 0.1) is 6.92 Å². The van der Waals surface area contributed by atoms with E-state index in [0.717, 1.165) is 59.8 Å². The minimum Gasteiger partial charge on any atom is -0.497 e. The number of aromatic nitrogens is 3. The molecule has 8 heteroatoms. The molecule has 0 unspecified atom stereocenters. The van der Waals surface area contributed by atoms with E-state index in [1.807, 2.05) is 56.3 Å². The molecule has 1 fully saturated rings. The number of anilines is 2. The monoisotopic (exact) mass is 422 g/mol. The number of ether oxygens (including phenoxy) is 1. The summed E-state index contributed by atoms with van der Waals surface area (Å²) in [5.74, 6) is 3.23. The number of rotatable bonds is 6. The molecule has 0 aliphatic heterocycles. The Morgan fingerprint density at radius 3 is 2.55 bits per heavy atom. The lowest BCUT2D eigenvalue weighted by atomic mass is 9.91. The van der Waals surface area contributed by atoms with Gasteiger partial charge in [0.1, 0.15) is 28.9 Å². The normalized spacial score (nSPS) is 18.6. The van der Waals surface area contributed by atoms with Gasteiger partial charge in [-0.3, -0.25) is 4.79 Å². The summed E-state index contributed by atoms with van der Waals surface area (Å²) >= 11 is 0. The summed E-state index contributed by atoms with van der Waals surface area (Å²) in [5.41, 5.74) is 1.51. The number of carbonyl (C=O) groups excluding carboxylic acids is 1. The molecule has 0 atom stereocenters. The number of methoxy groups -OCH3 is 1. The van der Waals surface area contributed by atoms with Gasteiger partial charge in [0.2, 0.25) is 0 Å². The Labute approximate surface area is 182 Å². The van der Waals surface area contributed by atoms with Gasteiger partial charge < -0.3 is 25.3 Å². The second-order valence-electron chi connectivity index (χ2n) is 8.36. The van der Waals surface area contributed by atoms with Crippen molar-refractivity contribution in [3.63, 3.8) is 0 Å². The molecule has 2 aromatic heterocycles. The topological polar surface area (TPSA) is 95.2 Å². The summed E-state index contributed by atoms with van der Waals surface area (Å²) in [6.45, 7) is 1.91. The Kier molecular flexibility index (Phi) is 5.97. The van der Waals surface area contributed by atoms with E-state index >= 15 is 0 Å². The van der Waals surface area contributed by atoms with E-state index in [1.165, 1.54) is 0 Å². The van der Waals surface area contributed by atoms with Crippen molar-refractivity contribution >= 4 is 28.4 Å². The van der Waals surface area contributed by atoms with Crippen molar-refractivity contribution in [3.05, 3.63) is 41.9 Å². The van der Waals surface area contributed by atoms with Gasteiger partial charge >= 0.3 is 0 Å². The molecule has 4 rings (SSSR count). The molecule has 3 aromatic rings. The number of amides is 1. The van der Waals surface area contributed by atoms with E-state index in [1.54, 1.807) is 7.11 Å². The fourth-order valence-corrected chi connectivity index (χ4v) is 4.07. The van der Waals surface area contributed by atoms with Crippen LogP contribution in [0.2, 0.25) is 0 Å². The van der Waals surface area contributed by atoms with E-state index in [4.69, 9.17) is 4.74 Å². The maximum Gasteiger partial charge on any atom is 0.267 e. The first-order chi connectivity index (χ1) is 14.9. The zero-order valence-electron chi connectivity index (χ0n) is 18.5. The average molecular weight is 423 g/mol.